The number of nitrogens with one attached hydrogen (secondary N) is 1. The normalized spacial score (nSPS) is 27.2. The molecule has 0 aliphatic carbocycles. The summed E-state index contributed by atoms with van der Waals surface area (Å²) in [6, 6.07) is 0.290. The minimum Gasteiger partial charge on any atom is -0.480 e. The van der Waals surface area contributed by atoms with Gasteiger partial charge in [-0.1, -0.05) is 0 Å². The number of imide groups is 1. The van der Waals surface area contributed by atoms with Crippen LogP contribution in [0.2, 0.25) is 0 Å². The van der Waals surface area contributed by atoms with Gasteiger partial charge in [0.05, 0.1) is 12.5 Å². The van der Waals surface area contributed by atoms with Crippen LogP contribution in [0.1, 0.15) is 22.9 Å². The summed E-state index contributed by atoms with van der Waals surface area (Å²) >= 11 is 1.53. The van der Waals surface area contributed by atoms with Crippen molar-refractivity contribution in [3.8, 4) is 0 Å². The minimum atomic E-state index is -0.980. The summed E-state index contributed by atoms with van der Waals surface area (Å²) in [5.74, 6) is -1.71. The average molecular weight is 280 g/mol. The Hall–Kier alpha value is -1.73. The summed E-state index contributed by atoms with van der Waals surface area (Å²) in [5.41, 5.74) is 0.746. The fraction of sp³-hybridized carbons (Fsp3) is 0.417. The largest absolute Gasteiger partial charge is 0.480 e. The first-order valence-corrected chi connectivity index (χ1v) is 6.84. The van der Waals surface area contributed by atoms with E-state index >= 15 is 0 Å². The Morgan fingerprint density at radius 1 is 1.47 bits per heavy atom. The van der Waals surface area contributed by atoms with E-state index in [0.717, 1.165) is 16.9 Å². The lowest BCUT2D eigenvalue weighted by atomic mass is 9.97. The van der Waals surface area contributed by atoms with Gasteiger partial charge in [-0.2, -0.15) is 0 Å². The van der Waals surface area contributed by atoms with E-state index in [1.165, 1.54) is 11.3 Å². The monoisotopic (exact) mass is 280 g/mol. The van der Waals surface area contributed by atoms with Gasteiger partial charge in [0.1, 0.15) is 6.04 Å². The molecule has 1 aromatic rings. The molecule has 0 bridgehead atoms. The van der Waals surface area contributed by atoms with E-state index in [4.69, 9.17) is 0 Å². The molecule has 100 valence electrons. The highest BCUT2D eigenvalue weighted by Gasteiger charge is 2.43. The third-order valence-electron chi connectivity index (χ3n) is 3.58. The SMILES string of the molecule is O=C1CC(N2CCc3sccc3C2C(=O)O)C(=O)N1. The predicted octanol–water partition coefficient (Wildman–Crippen LogP) is 0.147. The van der Waals surface area contributed by atoms with Crippen LogP contribution in [0, 0.1) is 0 Å². The Morgan fingerprint density at radius 3 is 2.89 bits per heavy atom. The molecular weight excluding hydrogens is 268 g/mol. The Morgan fingerprint density at radius 2 is 2.26 bits per heavy atom. The molecule has 6 nitrogen and oxygen atoms in total. The van der Waals surface area contributed by atoms with Crippen LogP contribution in [0.3, 0.4) is 0 Å². The molecule has 3 rings (SSSR count). The van der Waals surface area contributed by atoms with E-state index in [1.54, 1.807) is 11.0 Å². The number of carbonyl (C=O) groups is 3. The molecule has 2 unspecified atom stereocenters. The fourth-order valence-corrected chi connectivity index (χ4v) is 3.66. The summed E-state index contributed by atoms with van der Waals surface area (Å²) in [7, 11) is 0. The Labute approximate surface area is 113 Å². The van der Waals surface area contributed by atoms with E-state index in [1.807, 2.05) is 5.38 Å². The third-order valence-corrected chi connectivity index (χ3v) is 4.58. The smallest absolute Gasteiger partial charge is 0.325 e. The van der Waals surface area contributed by atoms with Crippen molar-refractivity contribution in [3.63, 3.8) is 0 Å². The van der Waals surface area contributed by atoms with Gasteiger partial charge in [-0.25, -0.2) is 0 Å². The maximum Gasteiger partial charge on any atom is 0.325 e. The first-order chi connectivity index (χ1) is 9.08. The molecule has 0 radical (unpaired) electrons. The van der Waals surface area contributed by atoms with Crippen LogP contribution < -0.4 is 5.32 Å². The molecule has 2 N–H and O–H groups in total. The van der Waals surface area contributed by atoms with Crippen molar-refractivity contribution < 1.29 is 19.5 Å². The van der Waals surface area contributed by atoms with Gasteiger partial charge in [0.25, 0.3) is 0 Å². The summed E-state index contributed by atoms with van der Waals surface area (Å²) in [6.45, 7) is 0.482. The molecule has 7 heteroatoms. The van der Waals surface area contributed by atoms with E-state index < -0.39 is 24.0 Å². The molecule has 2 amide bonds. The van der Waals surface area contributed by atoms with Crippen LogP contribution in [0.25, 0.3) is 0 Å². The van der Waals surface area contributed by atoms with Crippen molar-refractivity contribution in [3.05, 3.63) is 21.9 Å². The van der Waals surface area contributed by atoms with Crippen molar-refractivity contribution in [1.82, 2.24) is 10.2 Å². The second-order valence-electron chi connectivity index (χ2n) is 4.66. The van der Waals surface area contributed by atoms with E-state index in [0.29, 0.717) is 6.54 Å². The zero-order valence-electron chi connectivity index (χ0n) is 9.96. The Balaban J connectivity index is 1.96. The van der Waals surface area contributed by atoms with Gasteiger partial charge in [0.2, 0.25) is 11.8 Å². The molecule has 2 atom stereocenters. The van der Waals surface area contributed by atoms with Gasteiger partial charge in [0, 0.05) is 11.4 Å². The zero-order chi connectivity index (χ0) is 13.6. The van der Waals surface area contributed by atoms with Gasteiger partial charge in [0.15, 0.2) is 0 Å². The van der Waals surface area contributed by atoms with Gasteiger partial charge < -0.3 is 5.11 Å². The molecule has 1 saturated heterocycles. The number of hydrogen-bond acceptors (Lipinski definition) is 5. The molecule has 1 fully saturated rings. The van der Waals surface area contributed by atoms with Crippen molar-refractivity contribution >= 4 is 29.1 Å². The molecule has 2 aliphatic heterocycles. The lowest BCUT2D eigenvalue weighted by Gasteiger charge is -2.35. The second kappa shape index (κ2) is 4.43. The highest BCUT2D eigenvalue weighted by atomic mass is 32.1. The number of carbonyl (C=O) groups excluding carboxylic acids is 2. The van der Waals surface area contributed by atoms with Crippen molar-refractivity contribution in [2.45, 2.75) is 24.9 Å². The number of fused-ring (bicyclic) bond motifs is 1. The topological polar surface area (TPSA) is 86.7 Å². The lowest BCUT2D eigenvalue weighted by Crippen LogP contribution is -2.48. The number of rotatable bonds is 2. The summed E-state index contributed by atoms with van der Waals surface area (Å²) < 4.78 is 0. The Kier molecular flexibility index (Phi) is 2.87. The number of amides is 2. The van der Waals surface area contributed by atoms with Crippen LogP contribution in [0.5, 0.6) is 0 Å². The van der Waals surface area contributed by atoms with Gasteiger partial charge in [-0.05, 0) is 23.4 Å². The number of hydrogen-bond donors (Lipinski definition) is 2. The highest BCUT2D eigenvalue weighted by molar-refractivity contribution is 7.10. The number of nitrogens with zero attached hydrogens (tertiary/aromatic N) is 1. The van der Waals surface area contributed by atoms with Gasteiger partial charge >= 0.3 is 5.97 Å². The molecule has 0 spiro atoms. The van der Waals surface area contributed by atoms with Crippen LogP contribution >= 0.6 is 11.3 Å². The highest BCUT2D eigenvalue weighted by Crippen LogP contribution is 2.35. The van der Waals surface area contributed by atoms with Crippen LogP contribution in [0.15, 0.2) is 11.4 Å². The third kappa shape index (κ3) is 1.95. The Bertz CT molecular complexity index is 568. The molecular formula is C12H12N2O4S. The van der Waals surface area contributed by atoms with Crippen LogP contribution in [0.4, 0.5) is 0 Å². The first-order valence-electron chi connectivity index (χ1n) is 5.96. The average Bonchev–Trinajstić information content (AvgIpc) is 2.93. The maximum atomic E-state index is 11.7. The van der Waals surface area contributed by atoms with E-state index in [2.05, 4.69) is 5.32 Å². The molecule has 2 aliphatic rings. The van der Waals surface area contributed by atoms with Crippen molar-refractivity contribution in [2.75, 3.05) is 6.54 Å². The molecule has 0 aromatic carbocycles. The predicted molar refractivity (Wildman–Crippen MR) is 66.7 cm³/mol. The molecule has 0 saturated carbocycles. The first kappa shape index (κ1) is 12.3. The van der Waals surface area contributed by atoms with Crippen molar-refractivity contribution in [2.24, 2.45) is 0 Å². The number of carboxylic acids is 1. The maximum absolute atomic E-state index is 11.7. The number of thiophene rings is 1. The minimum absolute atomic E-state index is 0.0437. The quantitative estimate of drug-likeness (QED) is 0.753. The fourth-order valence-electron chi connectivity index (χ4n) is 2.75. The molecule has 1 aromatic heterocycles. The van der Waals surface area contributed by atoms with Gasteiger partial charge in [-0.15, -0.1) is 11.3 Å². The van der Waals surface area contributed by atoms with E-state index in [9.17, 15) is 19.5 Å². The van der Waals surface area contributed by atoms with Crippen LogP contribution in [-0.2, 0) is 20.8 Å². The van der Waals surface area contributed by atoms with Crippen molar-refractivity contribution in [1.29, 1.82) is 0 Å². The second-order valence-corrected chi connectivity index (χ2v) is 5.66. The summed E-state index contributed by atoms with van der Waals surface area (Å²) in [4.78, 5) is 37.2. The molecule has 19 heavy (non-hydrogen) atoms. The van der Waals surface area contributed by atoms with Crippen LogP contribution in [-0.4, -0.2) is 40.4 Å². The summed E-state index contributed by atoms with van der Waals surface area (Å²) in [5, 5.41) is 13.5. The zero-order valence-corrected chi connectivity index (χ0v) is 10.8. The standard InChI is InChI=1S/C12H12N2O4S/c15-9-5-7(11(16)13-9)14-3-1-8-6(2-4-19-8)10(14)12(17)18/h2,4,7,10H,1,3,5H2,(H,17,18)(H,13,15,16). The number of carboxylic acid groups (broad SMARTS) is 1. The lowest BCUT2D eigenvalue weighted by molar-refractivity contribution is -0.146. The van der Waals surface area contributed by atoms with E-state index in [-0.39, 0.29) is 12.3 Å². The molecule has 3 heterocycles. The van der Waals surface area contributed by atoms with Gasteiger partial charge in [-0.3, -0.25) is 24.6 Å². The number of aliphatic carboxylic acids is 1. The summed E-state index contributed by atoms with van der Waals surface area (Å²) in [6.07, 6.45) is 0.761.